The Morgan fingerprint density at radius 2 is 1.87 bits per heavy atom. The van der Waals surface area contributed by atoms with Crippen molar-refractivity contribution in [3.8, 4) is 28.4 Å². The number of hydrogen-bond acceptors (Lipinski definition) is 6. The van der Waals surface area contributed by atoms with Crippen LogP contribution in [0.4, 0.5) is 0 Å². The summed E-state index contributed by atoms with van der Waals surface area (Å²) in [5, 5.41) is 31.2. The molecule has 0 saturated heterocycles. The van der Waals surface area contributed by atoms with E-state index in [0.29, 0.717) is 28.9 Å². The fraction of sp³-hybridized carbons (Fsp3) is 0.320. The van der Waals surface area contributed by atoms with Gasteiger partial charge in [0.1, 0.15) is 40.6 Å². The van der Waals surface area contributed by atoms with E-state index in [9.17, 15) is 20.1 Å². The molecule has 0 radical (unpaired) electrons. The van der Waals surface area contributed by atoms with E-state index in [1.165, 1.54) is 18.4 Å². The molecule has 0 fully saturated rings. The van der Waals surface area contributed by atoms with E-state index in [2.05, 4.69) is 0 Å². The Balaban J connectivity index is 1.99. The Labute approximate surface area is 180 Å². The molecule has 31 heavy (non-hydrogen) atoms. The van der Waals surface area contributed by atoms with Crippen LogP contribution in [0.3, 0.4) is 0 Å². The molecule has 1 aromatic heterocycles. The average Bonchev–Trinajstić information content (AvgIpc) is 3.15. The smallest absolute Gasteiger partial charge is 0.204 e. The summed E-state index contributed by atoms with van der Waals surface area (Å²) in [6.07, 6.45) is 3.56. The van der Waals surface area contributed by atoms with Gasteiger partial charge < -0.3 is 24.5 Å². The van der Waals surface area contributed by atoms with Crippen LogP contribution >= 0.6 is 0 Å². The zero-order valence-corrected chi connectivity index (χ0v) is 18.0. The van der Waals surface area contributed by atoms with Gasteiger partial charge in [0.15, 0.2) is 0 Å². The molecule has 0 saturated carbocycles. The predicted octanol–water partition coefficient (Wildman–Crippen LogP) is 4.45. The summed E-state index contributed by atoms with van der Waals surface area (Å²) in [5.41, 5.74) is 1.92. The van der Waals surface area contributed by atoms with Crippen LogP contribution in [0.1, 0.15) is 38.8 Å². The van der Waals surface area contributed by atoms with E-state index in [4.69, 9.17) is 9.15 Å². The molecule has 6 heteroatoms. The monoisotopic (exact) mass is 422 g/mol. The van der Waals surface area contributed by atoms with E-state index in [0.717, 1.165) is 5.57 Å². The van der Waals surface area contributed by atoms with E-state index >= 15 is 0 Å². The van der Waals surface area contributed by atoms with Crippen LogP contribution in [0.15, 0.2) is 51.4 Å². The van der Waals surface area contributed by atoms with Gasteiger partial charge in [0.2, 0.25) is 5.43 Å². The van der Waals surface area contributed by atoms with Gasteiger partial charge in [-0.2, -0.15) is 0 Å². The SMILES string of the molecule is CC(C)=CCc1c2c(c(O)c3c(=O)c(-c4ccc(O)cc4)coc13)C[C@H](C(C)(C)O)O2. The second kappa shape index (κ2) is 7.46. The fourth-order valence-corrected chi connectivity index (χ4v) is 3.88. The van der Waals surface area contributed by atoms with Gasteiger partial charge in [0.25, 0.3) is 0 Å². The van der Waals surface area contributed by atoms with Crippen LogP contribution in [-0.2, 0) is 12.8 Å². The highest BCUT2D eigenvalue weighted by molar-refractivity contribution is 5.93. The van der Waals surface area contributed by atoms with Crippen LogP contribution < -0.4 is 10.2 Å². The van der Waals surface area contributed by atoms with Gasteiger partial charge in [0.05, 0.1) is 11.2 Å². The maximum absolute atomic E-state index is 13.4. The number of hydrogen-bond donors (Lipinski definition) is 3. The van der Waals surface area contributed by atoms with Crippen molar-refractivity contribution in [2.45, 2.75) is 52.2 Å². The summed E-state index contributed by atoms with van der Waals surface area (Å²) in [6.45, 7) is 7.26. The first-order valence-electron chi connectivity index (χ1n) is 10.2. The molecule has 4 rings (SSSR count). The Bertz CT molecular complexity index is 1240. The standard InChI is InChI=1S/C25H26O6/c1-13(2)5-10-16-23-17(11-19(31-23)25(3,4)29)21(27)20-22(28)18(12-30-24(16)20)14-6-8-15(26)9-7-14/h5-9,12,19,26-27,29H,10-11H2,1-4H3/t19-/m1/s1. The zero-order valence-electron chi connectivity index (χ0n) is 18.0. The molecule has 1 aliphatic heterocycles. The number of benzene rings is 2. The van der Waals surface area contributed by atoms with Crippen molar-refractivity contribution in [1.82, 2.24) is 0 Å². The van der Waals surface area contributed by atoms with E-state index in [-0.39, 0.29) is 39.9 Å². The Morgan fingerprint density at radius 1 is 1.19 bits per heavy atom. The topological polar surface area (TPSA) is 100 Å². The summed E-state index contributed by atoms with van der Waals surface area (Å²) >= 11 is 0. The molecule has 1 atom stereocenters. The van der Waals surface area contributed by atoms with Gasteiger partial charge in [-0.1, -0.05) is 23.8 Å². The number of fused-ring (bicyclic) bond motifs is 2. The predicted molar refractivity (Wildman–Crippen MR) is 119 cm³/mol. The summed E-state index contributed by atoms with van der Waals surface area (Å²) in [7, 11) is 0. The number of aliphatic hydroxyl groups is 1. The molecular formula is C25H26O6. The van der Waals surface area contributed by atoms with Gasteiger partial charge in [-0.05, 0) is 51.8 Å². The van der Waals surface area contributed by atoms with Crippen LogP contribution in [0.25, 0.3) is 22.1 Å². The lowest BCUT2D eigenvalue weighted by Crippen LogP contribution is -2.39. The van der Waals surface area contributed by atoms with Gasteiger partial charge in [-0.3, -0.25) is 4.79 Å². The molecule has 0 spiro atoms. The lowest BCUT2D eigenvalue weighted by atomic mass is 9.93. The lowest BCUT2D eigenvalue weighted by molar-refractivity contribution is -0.0232. The highest BCUT2D eigenvalue weighted by Crippen LogP contribution is 2.46. The minimum absolute atomic E-state index is 0.0911. The quantitative estimate of drug-likeness (QED) is 0.537. The van der Waals surface area contributed by atoms with Crippen molar-refractivity contribution >= 4 is 11.0 Å². The minimum Gasteiger partial charge on any atom is -0.508 e. The molecule has 3 aromatic rings. The summed E-state index contributed by atoms with van der Waals surface area (Å²) in [6, 6.07) is 6.22. The molecule has 0 unspecified atom stereocenters. The molecule has 0 aliphatic carbocycles. The first-order valence-corrected chi connectivity index (χ1v) is 10.2. The van der Waals surface area contributed by atoms with Crippen molar-refractivity contribution in [2.75, 3.05) is 0 Å². The molecule has 6 nitrogen and oxygen atoms in total. The molecule has 1 aliphatic rings. The normalized spacial score (nSPS) is 15.6. The fourth-order valence-electron chi connectivity index (χ4n) is 3.88. The van der Waals surface area contributed by atoms with Gasteiger partial charge in [-0.15, -0.1) is 0 Å². The Hall–Kier alpha value is -3.25. The maximum Gasteiger partial charge on any atom is 0.204 e. The van der Waals surface area contributed by atoms with Gasteiger partial charge >= 0.3 is 0 Å². The average molecular weight is 422 g/mol. The third-order valence-corrected chi connectivity index (χ3v) is 5.67. The van der Waals surface area contributed by atoms with Crippen LogP contribution in [0.2, 0.25) is 0 Å². The van der Waals surface area contributed by atoms with E-state index in [1.807, 2.05) is 19.9 Å². The number of phenolic OH excluding ortho intramolecular Hbond substituents is 2. The molecule has 0 amide bonds. The molecule has 3 N–H and O–H groups in total. The maximum atomic E-state index is 13.4. The number of allylic oxidation sites excluding steroid dienone is 2. The first kappa shape index (κ1) is 21.0. The molecular weight excluding hydrogens is 396 g/mol. The number of aromatic hydroxyl groups is 2. The van der Waals surface area contributed by atoms with Gasteiger partial charge in [-0.25, -0.2) is 0 Å². The molecule has 162 valence electrons. The molecule has 0 bridgehead atoms. The van der Waals surface area contributed by atoms with Gasteiger partial charge in [0, 0.05) is 17.5 Å². The Morgan fingerprint density at radius 3 is 2.48 bits per heavy atom. The molecule has 2 aromatic carbocycles. The third kappa shape index (κ3) is 3.68. The Kier molecular flexibility index (Phi) is 5.06. The molecule has 2 heterocycles. The second-order valence-electron chi connectivity index (χ2n) is 8.81. The van der Waals surface area contributed by atoms with Crippen molar-refractivity contribution in [1.29, 1.82) is 0 Å². The number of ether oxygens (including phenoxy) is 1. The summed E-state index contributed by atoms with van der Waals surface area (Å²) < 4.78 is 12.0. The largest absolute Gasteiger partial charge is 0.508 e. The van der Waals surface area contributed by atoms with Crippen LogP contribution in [-0.4, -0.2) is 27.0 Å². The van der Waals surface area contributed by atoms with Crippen LogP contribution in [0, 0.1) is 0 Å². The van der Waals surface area contributed by atoms with Crippen molar-refractivity contribution in [3.05, 3.63) is 63.5 Å². The minimum atomic E-state index is -1.12. The second-order valence-corrected chi connectivity index (χ2v) is 8.81. The van der Waals surface area contributed by atoms with Crippen molar-refractivity contribution < 1.29 is 24.5 Å². The van der Waals surface area contributed by atoms with Crippen molar-refractivity contribution in [2.24, 2.45) is 0 Å². The number of phenols is 2. The third-order valence-electron chi connectivity index (χ3n) is 5.67. The van der Waals surface area contributed by atoms with Crippen LogP contribution in [0.5, 0.6) is 17.2 Å². The summed E-state index contributed by atoms with van der Waals surface area (Å²) in [5.74, 6) is 0.385. The van der Waals surface area contributed by atoms with E-state index in [1.54, 1.807) is 26.0 Å². The zero-order chi connectivity index (χ0) is 22.5. The number of rotatable bonds is 4. The highest BCUT2D eigenvalue weighted by Gasteiger charge is 2.39. The summed E-state index contributed by atoms with van der Waals surface area (Å²) in [4.78, 5) is 13.4. The van der Waals surface area contributed by atoms with E-state index < -0.39 is 11.7 Å². The highest BCUT2D eigenvalue weighted by atomic mass is 16.5. The van der Waals surface area contributed by atoms with Crippen molar-refractivity contribution in [3.63, 3.8) is 0 Å². The first-order chi connectivity index (χ1) is 14.6. The lowest BCUT2D eigenvalue weighted by Gasteiger charge is -2.24.